The first-order valence-corrected chi connectivity index (χ1v) is 10.9. The predicted octanol–water partition coefficient (Wildman–Crippen LogP) is -1.18. The summed E-state index contributed by atoms with van der Waals surface area (Å²) in [6.07, 6.45) is -0.263. The van der Waals surface area contributed by atoms with Crippen molar-refractivity contribution in [3.05, 3.63) is 29.8 Å². The van der Waals surface area contributed by atoms with Crippen LogP contribution in [0.2, 0.25) is 0 Å². The number of ether oxygens (including phenoxy) is 3. The van der Waals surface area contributed by atoms with Gasteiger partial charge in [-0.2, -0.15) is 0 Å². The van der Waals surface area contributed by atoms with Crippen molar-refractivity contribution >= 4 is 23.9 Å². The zero-order chi connectivity index (χ0) is 25.4. The minimum atomic E-state index is -1.36. The number of carbonyl (C=O) groups is 4. The number of aliphatic carboxylic acids is 1. The first kappa shape index (κ1) is 27.2. The fraction of sp³-hybridized carbons (Fsp3) is 0.545. The van der Waals surface area contributed by atoms with Crippen molar-refractivity contribution in [2.24, 2.45) is 17.2 Å². The van der Waals surface area contributed by atoms with Crippen molar-refractivity contribution in [1.29, 1.82) is 0 Å². The number of carboxylic acid groups (broad SMARTS) is 1. The molecule has 188 valence electrons. The molecular weight excluding hydrogens is 448 g/mol. The second-order valence-electron chi connectivity index (χ2n) is 8.20. The molecular formula is C22H32N4O8. The van der Waals surface area contributed by atoms with Crippen LogP contribution in [0.15, 0.2) is 24.3 Å². The molecule has 0 radical (unpaired) electrons. The molecule has 1 unspecified atom stereocenters. The van der Waals surface area contributed by atoms with E-state index >= 15 is 0 Å². The molecule has 1 aromatic rings. The molecule has 1 aliphatic rings. The van der Waals surface area contributed by atoms with E-state index in [1.807, 2.05) is 0 Å². The van der Waals surface area contributed by atoms with Crippen LogP contribution >= 0.6 is 0 Å². The van der Waals surface area contributed by atoms with Gasteiger partial charge in [0.1, 0.15) is 42.1 Å². The largest absolute Gasteiger partial charge is 0.480 e. The van der Waals surface area contributed by atoms with Crippen molar-refractivity contribution in [1.82, 2.24) is 5.32 Å². The smallest absolute Gasteiger partial charge is 0.332 e. The number of hydrogen-bond acceptors (Lipinski definition) is 11. The molecule has 1 saturated heterocycles. The van der Waals surface area contributed by atoms with Gasteiger partial charge in [-0.1, -0.05) is 12.1 Å². The minimum absolute atomic E-state index is 0.101. The summed E-state index contributed by atoms with van der Waals surface area (Å²) in [4.78, 5) is 47.3. The Kier molecular flexibility index (Phi) is 9.93. The van der Waals surface area contributed by atoms with E-state index in [1.54, 1.807) is 12.1 Å². The topological polar surface area (TPSA) is 206 Å². The minimum Gasteiger partial charge on any atom is -0.480 e. The van der Waals surface area contributed by atoms with E-state index in [9.17, 15) is 19.2 Å². The Balaban J connectivity index is 1.83. The second kappa shape index (κ2) is 12.4. The highest BCUT2D eigenvalue weighted by molar-refractivity contribution is 5.81. The zero-order valence-electron chi connectivity index (χ0n) is 19.1. The summed E-state index contributed by atoms with van der Waals surface area (Å²) in [5.41, 5.74) is 17.8. The zero-order valence-corrected chi connectivity index (χ0v) is 19.1. The van der Waals surface area contributed by atoms with Crippen molar-refractivity contribution in [2.45, 2.75) is 69.5 Å². The maximum Gasteiger partial charge on any atom is 0.332 e. The van der Waals surface area contributed by atoms with Crippen LogP contribution in [0.1, 0.15) is 32.3 Å². The normalized spacial score (nSPS) is 19.9. The molecule has 8 N–H and O–H groups in total. The third kappa shape index (κ3) is 7.76. The quantitative estimate of drug-likeness (QED) is 0.187. The van der Waals surface area contributed by atoms with Crippen LogP contribution in [0.5, 0.6) is 5.75 Å². The monoisotopic (exact) mass is 480 g/mol. The number of nitrogens with two attached hydrogens (primary N) is 3. The van der Waals surface area contributed by atoms with Crippen LogP contribution in [0.3, 0.4) is 0 Å². The van der Waals surface area contributed by atoms with E-state index in [0.717, 1.165) is 13.0 Å². The van der Waals surface area contributed by atoms with Gasteiger partial charge in [0.2, 0.25) is 0 Å². The van der Waals surface area contributed by atoms with Crippen molar-refractivity contribution < 1.29 is 38.5 Å². The summed E-state index contributed by atoms with van der Waals surface area (Å²) < 4.78 is 15.5. The van der Waals surface area contributed by atoms with Crippen molar-refractivity contribution in [3.8, 4) is 5.75 Å². The highest BCUT2D eigenvalue weighted by Gasteiger charge is 2.30. The molecule has 6 atom stereocenters. The lowest BCUT2D eigenvalue weighted by Gasteiger charge is -2.21. The average Bonchev–Trinajstić information content (AvgIpc) is 3.34. The lowest BCUT2D eigenvalue weighted by Crippen LogP contribution is -2.47. The second-order valence-corrected chi connectivity index (χ2v) is 8.20. The summed E-state index contributed by atoms with van der Waals surface area (Å²) in [5.74, 6) is -3.10. The molecule has 0 bridgehead atoms. The lowest BCUT2D eigenvalue weighted by atomic mass is 10.1. The van der Waals surface area contributed by atoms with Gasteiger partial charge in [0.25, 0.3) is 0 Å². The van der Waals surface area contributed by atoms with Crippen LogP contribution in [0, 0.1) is 0 Å². The number of benzene rings is 1. The van der Waals surface area contributed by atoms with Gasteiger partial charge in [-0.15, -0.1) is 0 Å². The number of hydrogen-bond donors (Lipinski definition) is 5. The number of nitrogens with one attached hydrogen (secondary N) is 1. The Morgan fingerprint density at radius 1 is 1.00 bits per heavy atom. The highest BCUT2D eigenvalue weighted by atomic mass is 16.6. The van der Waals surface area contributed by atoms with Crippen LogP contribution in [0.25, 0.3) is 0 Å². The van der Waals surface area contributed by atoms with Crippen molar-refractivity contribution in [2.75, 3.05) is 6.54 Å². The Hall–Kier alpha value is -3.06. The molecule has 34 heavy (non-hydrogen) atoms. The summed E-state index contributed by atoms with van der Waals surface area (Å²) in [6, 6.07) is 2.23. The molecule has 0 aromatic heterocycles. The molecule has 2 rings (SSSR count). The Labute approximate surface area is 197 Å². The molecule has 1 aliphatic heterocycles. The van der Waals surface area contributed by atoms with Gasteiger partial charge in [0, 0.05) is 0 Å². The molecule has 0 saturated carbocycles. The maximum atomic E-state index is 12.3. The van der Waals surface area contributed by atoms with Gasteiger partial charge in [0.05, 0.1) is 0 Å². The summed E-state index contributed by atoms with van der Waals surface area (Å²) >= 11 is 0. The van der Waals surface area contributed by atoms with E-state index in [4.69, 9.17) is 36.5 Å². The third-order valence-electron chi connectivity index (χ3n) is 5.42. The van der Waals surface area contributed by atoms with E-state index in [2.05, 4.69) is 5.32 Å². The van der Waals surface area contributed by atoms with Crippen LogP contribution in [0.4, 0.5) is 0 Å². The first-order chi connectivity index (χ1) is 16.0. The van der Waals surface area contributed by atoms with Gasteiger partial charge < -0.3 is 41.8 Å². The number of rotatable bonds is 11. The van der Waals surface area contributed by atoms with Gasteiger partial charge in [-0.25, -0.2) is 4.79 Å². The molecule has 1 heterocycles. The molecule has 0 amide bonds. The Morgan fingerprint density at radius 2 is 1.62 bits per heavy atom. The van der Waals surface area contributed by atoms with Gasteiger partial charge in [-0.3, -0.25) is 14.4 Å². The van der Waals surface area contributed by atoms with E-state index in [-0.39, 0.29) is 18.2 Å². The van der Waals surface area contributed by atoms with Gasteiger partial charge >= 0.3 is 23.9 Å². The van der Waals surface area contributed by atoms with Crippen molar-refractivity contribution in [3.63, 3.8) is 0 Å². The molecule has 12 heteroatoms. The van der Waals surface area contributed by atoms with E-state index in [1.165, 1.54) is 26.0 Å². The first-order valence-electron chi connectivity index (χ1n) is 10.9. The fourth-order valence-electron chi connectivity index (χ4n) is 3.18. The maximum absolute atomic E-state index is 12.3. The standard InChI is InChI=1S/C22H32N4O8/c1-11(17(24)19(27)28)32-20(29)15(23)10-13-5-7-14(8-6-13)34-22(31)18(25)12(2)33-21(30)16-4-3-9-26-16/h5-8,11-12,15-18,26H,3-4,9-10,23-25H2,1-2H3,(H,27,28)/t11-,12+,15?,16-,17+,18-/m0/s1. The Morgan fingerprint density at radius 3 is 2.18 bits per heavy atom. The highest BCUT2D eigenvalue weighted by Crippen LogP contribution is 2.16. The molecule has 12 nitrogen and oxygen atoms in total. The van der Waals surface area contributed by atoms with E-state index < -0.39 is 54.2 Å². The summed E-state index contributed by atoms with van der Waals surface area (Å²) in [5, 5.41) is 11.9. The third-order valence-corrected chi connectivity index (χ3v) is 5.42. The summed E-state index contributed by atoms with van der Waals surface area (Å²) in [7, 11) is 0. The average molecular weight is 481 g/mol. The number of esters is 3. The molecule has 1 fully saturated rings. The molecule has 0 aliphatic carbocycles. The fourth-order valence-corrected chi connectivity index (χ4v) is 3.18. The summed E-state index contributed by atoms with van der Waals surface area (Å²) in [6.45, 7) is 3.62. The lowest BCUT2D eigenvalue weighted by molar-refractivity contribution is -0.156. The Bertz CT molecular complexity index is 872. The van der Waals surface area contributed by atoms with Gasteiger partial charge in [-0.05, 0) is 57.4 Å². The van der Waals surface area contributed by atoms with Crippen LogP contribution in [-0.2, 0) is 35.1 Å². The number of carboxylic acids is 1. The van der Waals surface area contributed by atoms with Crippen LogP contribution in [-0.4, -0.2) is 71.9 Å². The molecule has 0 spiro atoms. The van der Waals surface area contributed by atoms with Gasteiger partial charge in [0.15, 0.2) is 0 Å². The number of carbonyl (C=O) groups excluding carboxylic acids is 3. The molecule has 1 aromatic carbocycles. The van der Waals surface area contributed by atoms with Crippen LogP contribution < -0.4 is 27.3 Å². The SMILES string of the molecule is C[C@H](OC(=O)C(N)Cc1ccc(OC(=O)[C@@H](N)[C@@H](C)OC(=O)[C@@H]2CCCN2)cc1)[C@@H](N)C(=O)O. The predicted molar refractivity (Wildman–Crippen MR) is 119 cm³/mol. The van der Waals surface area contributed by atoms with E-state index in [0.29, 0.717) is 12.0 Å².